The van der Waals surface area contributed by atoms with Gasteiger partial charge in [-0.25, -0.2) is 4.39 Å². The van der Waals surface area contributed by atoms with Crippen LogP contribution in [0.4, 0.5) is 10.1 Å². The van der Waals surface area contributed by atoms with E-state index in [1.54, 1.807) is 6.92 Å². The second-order valence-corrected chi connectivity index (χ2v) is 4.33. The molecule has 1 aromatic carbocycles. The van der Waals surface area contributed by atoms with Crippen LogP contribution < -0.4 is 10.1 Å². The van der Waals surface area contributed by atoms with E-state index in [4.69, 9.17) is 9.84 Å². The molecule has 0 saturated carbocycles. The molecule has 1 rings (SSSR count). The molecule has 0 saturated heterocycles. The summed E-state index contributed by atoms with van der Waals surface area (Å²) in [6, 6.07) is 2.76. The molecule has 110 valence electrons. The van der Waals surface area contributed by atoms with E-state index in [1.807, 2.05) is 0 Å². The van der Waals surface area contributed by atoms with E-state index in [9.17, 15) is 19.3 Å². The molecule has 1 atom stereocenters. The van der Waals surface area contributed by atoms with Crippen molar-refractivity contribution < 1.29 is 24.0 Å². The van der Waals surface area contributed by atoms with Gasteiger partial charge < -0.3 is 9.84 Å². The number of nitro groups is 1. The van der Waals surface area contributed by atoms with Gasteiger partial charge in [0.25, 0.3) is 0 Å². The van der Waals surface area contributed by atoms with Crippen molar-refractivity contribution in [2.45, 2.75) is 19.4 Å². The molecule has 8 heteroatoms. The number of ether oxygens (including phenoxy) is 1. The smallest absolute Gasteiger partial charge is 0.327 e. The van der Waals surface area contributed by atoms with Gasteiger partial charge in [0.1, 0.15) is 18.0 Å². The number of hydrogen-bond acceptors (Lipinski definition) is 5. The molecule has 7 nitrogen and oxygen atoms in total. The molecule has 0 radical (unpaired) electrons. The molecular formula is C12H15FN2O5. The number of rotatable bonds is 7. The summed E-state index contributed by atoms with van der Waals surface area (Å²) in [6.07, 6.45) is 0. The normalized spacial score (nSPS) is 13.6. The van der Waals surface area contributed by atoms with Crippen LogP contribution in [0.15, 0.2) is 18.2 Å². The molecule has 0 heterocycles. The Morgan fingerprint density at radius 2 is 2.25 bits per heavy atom. The molecule has 0 bridgehead atoms. The van der Waals surface area contributed by atoms with E-state index in [0.717, 1.165) is 18.2 Å². The first kappa shape index (κ1) is 15.8. The Kier molecular flexibility index (Phi) is 4.98. The van der Waals surface area contributed by atoms with E-state index in [0.29, 0.717) is 6.54 Å². The summed E-state index contributed by atoms with van der Waals surface area (Å²) in [7, 11) is 0. The van der Waals surface area contributed by atoms with Crippen molar-refractivity contribution in [3.8, 4) is 5.75 Å². The SMILES string of the molecule is CCNC(C)(COc1cc(F)ccc1[N+](=O)[O-])C(=O)O. The van der Waals surface area contributed by atoms with Gasteiger partial charge in [-0.3, -0.25) is 20.2 Å². The minimum atomic E-state index is -1.42. The quantitative estimate of drug-likeness (QED) is 0.582. The Labute approximate surface area is 114 Å². The van der Waals surface area contributed by atoms with Crippen LogP contribution in [0.5, 0.6) is 5.75 Å². The number of nitro benzene ring substituents is 1. The number of halogens is 1. The minimum Gasteiger partial charge on any atom is -0.484 e. The van der Waals surface area contributed by atoms with Crippen molar-refractivity contribution in [3.63, 3.8) is 0 Å². The molecule has 2 N–H and O–H groups in total. The topological polar surface area (TPSA) is 102 Å². The molecule has 0 aliphatic heterocycles. The number of aliphatic carboxylic acids is 1. The van der Waals surface area contributed by atoms with Gasteiger partial charge in [0.15, 0.2) is 5.75 Å². The maximum Gasteiger partial charge on any atom is 0.327 e. The van der Waals surface area contributed by atoms with E-state index >= 15 is 0 Å². The lowest BCUT2D eigenvalue weighted by Gasteiger charge is -2.25. The zero-order chi connectivity index (χ0) is 15.3. The molecule has 0 spiro atoms. The van der Waals surface area contributed by atoms with Crippen molar-refractivity contribution >= 4 is 11.7 Å². The summed E-state index contributed by atoms with van der Waals surface area (Å²) in [5.74, 6) is -2.18. The molecule has 1 unspecified atom stereocenters. The Morgan fingerprint density at radius 3 is 2.75 bits per heavy atom. The Hall–Kier alpha value is -2.22. The average molecular weight is 286 g/mol. The van der Waals surface area contributed by atoms with Crippen LogP contribution in [-0.2, 0) is 4.79 Å². The number of nitrogens with one attached hydrogen (secondary N) is 1. The van der Waals surface area contributed by atoms with Crippen molar-refractivity contribution in [2.75, 3.05) is 13.2 Å². The van der Waals surface area contributed by atoms with Gasteiger partial charge in [-0.2, -0.15) is 0 Å². The molecule has 20 heavy (non-hydrogen) atoms. The minimum absolute atomic E-state index is 0.305. The van der Waals surface area contributed by atoms with Gasteiger partial charge in [0.2, 0.25) is 0 Å². The van der Waals surface area contributed by atoms with Crippen LogP contribution in [0.25, 0.3) is 0 Å². The van der Waals surface area contributed by atoms with E-state index in [1.165, 1.54) is 6.92 Å². The first-order chi connectivity index (χ1) is 9.30. The lowest BCUT2D eigenvalue weighted by atomic mass is 10.0. The third kappa shape index (κ3) is 3.64. The number of hydrogen-bond donors (Lipinski definition) is 2. The molecular weight excluding hydrogens is 271 g/mol. The second-order valence-electron chi connectivity index (χ2n) is 4.33. The maximum absolute atomic E-state index is 13.1. The number of nitrogens with zero attached hydrogens (tertiary/aromatic N) is 1. The highest BCUT2D eigenvalue weighted by atomic mass is 19.1. The van der Waals surface area contributed by atoms with Crippen LogP contribution in [0.1, 0.15) is 13.8 Å². The fraction of sp³-hybridized carbons (Fsp3) is 0.417. The number of carboxylic acid groups (broad SMARTS) is 1. The van der Waals surface area contributed by atoms with E-state index < -0.39 is 27.9 Å². The fourth-order valence-electron chi connectivity index (χ4n) is 1.56. The number of carboxylic acids is 1. The van der Waals surface area contributed by atoms with Gasteiger partial charge >= 0.3 is 11.7 Å². The Morgan fingerprint density at radius 1 is 1.60 bits per heavy atom. The zero-order valence-corrected chi connectivity index (χ0v) is 11.1. The number of benzene rings is 1. The van der Waals surface area contributed by atoms with Crippen LogP contribution in [0.3, 0.4) is 0 Å². The zero-order valence-electron chi connectivity index (χ0n) is 11.1. The van der Waals surface area contributed by atoms with E-state index in [-0.39, 0.29) is 12.4 Å². The van der Waals surface area contributed by atoms with Crippen molar-refractivity contribution in [3.05, 3.63) is 34.1 Å². The molecule has 0 amide bonds. The lowest BCUT2D eigenvalue weighted by Crippen LogP contribution is -2.53. The largest absolute Gasteiger partial charge is 0.484 e. The number of likely N-dealkylation sites (N-methyl/N-ethyl adjacent to an activating group) is 1. The summed E-state index contributed by atoms with van der Waals surface area (Å²) in [5, 5.41) is 22.6. The summed E-state index contributed by atoms with van der Waals surface area (Å²) in [4.78, 5) is 21.2. The van der Waals surface area contributed by atoms with Gasteiger partial charge in [-0.1, -0.05) is 6.92 Å². The first-order valence-electron chi connectivity index (χ1n) is 5.85. The van der Waals surface area contributed by atoms with Crippen molar-refractivity contribution in [2.24, 2.45) is 0 Å². The molecule has 0 fully saturated rings. The van der Waals surface area contributed by atoms with E-state index in [2.05, 4.69) is 5.32 Å². The highest BCUT2D eigenvalue weighted by Gasteiger charge is 2.34. The van der Waals surface area contributed by atoms with Crippen LogP contribution in [-0.4, -0.2) is 34.7 Å². The fourth-order valence-corrected chi connectivity index (χ4v) is 1.56. The monoisotopic (exact) mass is 286 g/mol. The van der Waals surface area contributed by atoms with Crippen molar-refractivity contribution in [1.82, 2.24) is 5.32 Å². The summed E-state index contributed by atoms with van der Waals surface area (Å²) >= 11 is 0. The van der Waals surface area contributed by atoms with Crippen LogP contribution >= 0.6 is 0 Å². The molecule has 0 aromatic heterocycles. The van der Waals surface area contributed by atoms with Gasteiger partial charge in [-0.15, -0.1) is 0 Å². The highest BCUT2D eigenvalue weighted by Crippen LogP contribution is 2.28. The Balaban J connectivity index is 2.96. The van der Waals surface area contributed by atoms with Gasteiger partial charge in [0.05, 0.1) is 4.92 Å². The summed E-state index contributed by atoms with van der Waals surface area (Å²) < 4.78 is 18.2. The Bertz CT molecular complexity index is 523. The molecule has 0 aliphatic carbocycles. The third-order valence-corrected chi connectivity index (χ3v) is 2.67. The maximum atomic E-state index is 13.1. The summed E-state index contributed by atoms with van der Waals surface area (Å²) in [5.41, 5.74) is -1.84. The third-order valence-electron chi connectivity index (χ3n) is 2.67. The molecule has 0 aliphatic rings. The summed E-state index contributed by atoms with van der Waals surface area (Å²) in [6.45, 7) is 3.09. The standard InChI is InChI=1S/C12H15FN2O5/c1-3-14-12(2,11(16)17)7-20-10-6-8(13)4-5-9(10)15(18)19/h4-6,14H,3,7H2,1-2H3,(H,16,17). The van der Waals surface area contributed by atoms with Gasteiger partial charge in [-0.05, 0) is 19.5 Å². The van der Waals surface area contributed by atoms with Gasteiger partial charge in [0, 0.05) is 12.1 Å². The second kappa shape index (κ2) is 6.29. The predicted molar refractivity (Wildman–Crippen MR) is 68.3 cm³/mol. The first-order valence-corrected chi connectivity index (χ1v) is 5.85. The predicted octanol–water partition coefficient (Wildman–Crippen LogP) is 1.57. The number of carbonyl (C=O) groups is 1. The van der Waals surface area contributed by atoms with Crippen LogP contribution in [0, 0.1) is 15.9 Å². The lowest BCUT2D eigenvalue weighted by molar-refractivity contribution is -0.386. The highest BCUT2D eigenvalue weighted by molar-refractivity contribution is 5.78. The van der Waals surface area contributed by atoms with Crippen LogP contribution in [0.2, 0.25) is 0 Å². The van der Waals surface area contributed by atoms with Crippen molar-refractivity contribution in [1.29, 1.82) is 0 Å². The molecule has 1 aromatic rings. The average Bonchev–Trinajstić information content (AvgIpc) is 2.36.